The number of nitrogens with zero attached hydrogens (tertiary/aromatic N) is 1. The molecule has 6 rings (SSSR count). The van der Waals surface area contributed by atoms with Gasteiger partial charge in [0.2, 0.25) is 0 Å². The monoisotopic (exact) mass is 464 g/mol. The van der Waals surface area contributed by atoms with Crippen LogP contribution in [0.2, 0.25) is 0 Å². The topological polar surface area (TPSA) is 41.6 Å². The van der Waals surface area contributed by atoms with Gasteiger partial charge in [-0.25, -0.2) is 0 Å². The fourth-order valence-electron chi connectivity index (χ4n) is 5.98. The fourth-order valence-corrected chi connectivity index (χ4v) is 5.98. The second-order valence-corrected chi connectivity index (χ2v) is 9.91. The molecule has 4 nitrogen and oxygen atoms in total. The van der Waals surface area contributed by atoms with Crippen LogP contribution in [0.1, 0.15) is 64.7 Å². The number of amides is 1. The molecular weight excluding hydrogens is 432 g/mol. The van der Waals surface area contributed by atoms with Gasteiger partial charge in [-0.15, -0.1) is 0 Å². The first-order valence-electron chi connectivity index (χ1n) is 12.9. The molecule has 2 heterocycles. The molecule has 4 heteroatoms. The molecular formula is C31H32N2O2. The van der Waals surface area contributed by atoms with E-state index in [1.54, 1.807) is 0 Å². The van der Waals surface area contributed by atoms with Crippen LogP contribution in [-0.4, -0.2) is 23.9 Å². The van der Waals surface area contributed by atoms with Crippen molar-refractivity contribution in [3.8, 4) is 5.75 Å². The molecule has 0 spiro atoms. The number of allylic oxidation sites excluding steroid dienone is 2. The summed E-state index contributed by atoms with van der Waals surface area (Å²) in [4.78, 5) is 15.6. The maximum Gasteiger partial charge on any atom is 0.255 e. The molecule has 3 aliphatic rings. The van der Waals surface area contributed by atoms with Gasteiger partial charge in [-0.1, -0.05) is 72.8 Å². The summed E-state index contributed by atoms with van der Waals surface area (Å²) in [5, 5.41) is 3.84. The Bertz CT molecular complexity index is 1230. The van der Waals surface area contributed by atoms with Gasteiger partial charge in [0.1, 0.15) is 12.4 Å². The molecule has 0 saturated carbocycles. The third kappa shape index (κ3) is 4.22. The Balaban J connectivity index is 1.34. The first-order chi connectivity index (χ1) is 17.3. The smallest absolute Gasteiger partial charge is 0.255 e. The van der Waals surface area contributed by atoms with Crippen molar-refractivity contribution in [3.05, 3.63) is 107 Å². The van der Waals surface area contributed by atoms with Gasteiger partial charge in [-0.3, -0.25) is 4.79 Å². The van der Waals surface area contributed by atoms with Crippen LogP contribution in [0.3, 0.4) is 0 Å². The molecule has 2 aliphatic heterocycles. The Kier molecular flexibility index (Phi) is 6.03. The Morgan fingerprint density at radius 2 is 1.66 bits per heavy atom. The second kappa shape index (κ2) is 9.61. The lowest BCUT2D eigenvalue weighted by Gasteiger charge is -2.39. The highest BCUT2D eigenvalue weighted by Crippen LogP contribution is 2.52. The van der Waals surface area contributed by atoms with Gasteiger partial charge in [0.05, 0.1) is 17.3 Å². The van der Waals surface area contributed by atoms with Gasteiger partial charge in [0.25, 0.3) is 5.91 Å². The highest BCUT2D eigenvalue weighted by atomic mass is 16.5. The number of rotatable bonds is 5. The van der Waals surface area contributed by atoms with Crippen LogP contribution in [0.25, 0.3) is 0 Å². The minimum absolute atomic E-state index is 0.0739. The summed E-state index contributed by atoms with van der Waals surface area (Å²) in [6.07, 6.45) is 9.04. The number of likely N-dealkylation sites (tertiary alicyclic amines) is 1. The zero-order chi connectivity index (χ0) is 23.6. The molecule has 178 valence electrons. The van der Waals surface area contributed by atoms with E-state index in [1.165, 1.54) is 12.0 Å². The first kappa shape index (κ1) is 22.0. The van der Waals surface area contributed by atoms with Gasteiger partial charge >= 0.3 is 0 Å². The zero-order valence-electron chi connectivity index (χ0n) is 20.0. The van der Waals surface area contributed by atoms with Crippen molar-refractivity contribution in [2.24, 2.45) is 5.92 Å². The van der Waals surface area contributed by atoms with Crippen molar-refractivity contribution in [3.63, 3.8) is 0 Å². The number of hydrogen-bond acceptors (Lipinski definition) is 3. The zero-order valence-corrected chi connectivity index (χ0v) is 20.0. The molecule has 1 saturated heterocycles. The highest BCUT2D eigenvalue weighted by molar-refractivity contribution is 6.01. The van der Waals surface area contributed by atoms with E-state index in [-0.39, 0.29) is 11.9 Å². The third-order valence-corrected chi connectivity index (χ3v) is 7.76. The Hall–Kier alpha value is -3.53. The number of carbonyl (C=O) groups excluding carboxylic acids is 1. The summed E-state index contributed by atoms with van der Waals surface area (Å²) >= 11 is 0. The number of fused-ring (bicyclic) bond motifs is 3. The standard InChI is InChI=1S/C31H32N2O2/c34-31(33-19-7-2-8-20-33)27-17-10-16-25-23-14-9-15-24(23)29(32-30(25)27)26-13-5-6-18-28(26)35-21-22-11-3-1-4-12-22/h1,3-6,9-14,16-18,23-24,29,32H,2,7-8,15,19-21H2. The predicted molar refractivity (Wildman–Crippen MR) is 140 cm³/mol. The van der Waals surface area contributed by atoms with E-state index >= 15 is 0 Å². The number of piperidine rings is 1. The SMILES string of the molecule is O=C(c1cccc2c1NC(c1ccccc1OCc1ccccc1)C1CC=CC21)N1CCCCC1. The van der Waals surface area contributed by atoms with Gasteiger partial charge in [0.15, 0.2) is 0 Å². The quantitative estimate of drug-likeness (QED) is 0.426. The molecule has 3 unspecified atom stereocenters. The van der Waals surface area contributed by atoms with Gasteiger partial charge < -0.3 is 15.0 Å². The van der Waals surface area contributed by atoms with Crippen molar-refractivity contribution >= 4 is 11.6 Å². The van der Waals surface area contributed by atoms with Crippen LogP contribution >= 0.6 is 0 Å². The number of para-hydroxylation sites is 2. The summed E-state index contributed by atoms with van der Waals surface area (Å²) in [5.74, 6) is 1.75. The van der Waals surface area contributed by atoms with Crippen molar-refractivity contribution in [2.75, 3.05) is 18.4 Å². The van der Waals surface area contributed by atoms with Gasteiger partial charge in [-0.05, 0) is 54.9 Å². The number of carbonyl (C=O) groups is 1. The van der Waals surface area contributed by atoms with E-state index in [0.717, 1.165) is 60.5 Å². The maximum absolute atomic E-state index is 13.6. The van der Waals surface area contributed by atoms with Gasteiger partial charge in [0, 0.05) is 24.6 Å². The minimum Gasteiger partial charge on any atom is -0.489 e. The number of anilines is 1. The summed E-state index contributed by atoms with van der Waals surface area (Å²) in [5.41, 5.74) is 5.35. The summed E-state index contributed by atoms with van der Waals surface area (Å²) in [6, 6.07) is 25.0. The number of benzene rings is 3. The van der Waals surface area contributed by atoms with E-state index in [0.29, 0.717) is 18.4 Å². The van der Waals surface area contributed by atoms with Crippen LogP contribution in [0.4, 0.5) is 5.69 Å². The average Bonchev–Trinajstić information content (AvgIpc) is 3.43. The number of hydrogen-bond donors (Lipinski definition) is 1. The van der Waals surface area contributed by atoms with Crippen molar-refractivity contribution in [2.45, 2.75) is 44.2 Å². The Morgan fingerprint density at radius 3 is 2.51 bits per heavy atom. The van der Waals surface area contributed by atoms with Crippen LogP contribution < -0.4 is 10.1 Å². The molecule has 3 aromatic carbocycles. The minimum atomic E-state index is 0.0739. The molecule has 0 radical (unpaired) electrons. The Morgan fingerprint density at radius 1 is 0.886 bits per heavy atom. The van der Waals surface area contributed by atoms with Crippen molar-refractivity contribution in [1.82, 2.24) is 4.90 Å². The molecule has 1 aliphatic carbocycles. The lowest BCUT2D eigenvalue weighted by molar-refractivity contribution is 0.0725. The highest BCUT2D eigenvalue weighted by Gasteiger charge is 2.40. The second-order valence-electron chi connectivity index (χ2n) is 9.91. The lowest BCUT2D eigenvalue weighted by atomic mass is 9.76. The molecule has 1 fully saturated rings. The lowest BCUT2D eigenvalue weighted by Crippen LogP contribution is -2.37. The fraction of sp³-hybridized carbons (Fsp3) is 0.323. The normalized spacial score (nSPS) is 22.7. The molecule has 3 atom stereocenters. The molecule has 1 N–H and O–H groups in total. The average molecular weight is 465 g/mol. The van der Waals surface area contributed by atoms with E-state index in [1.807, 2.05) is 35.2 Å². The van der Waals surface area contributed by atoms with Crippen LogP contribution in [0.5, 0.6) is 5.75 Å². The first-order valence-corrected chi connectivity index (χ1v) is 12.9. The third-order valence-electron chi connectivity index (χ3n) is 7.76. The summed E-state index contributed by atoms with van der Waals surface area (Å²) < 4.78 is 6.35. The molecule has 0 aromatic heterocycles. The number of nitrogens with one attached hydrogen (secondary N) is 1. The summed E-state index contributed by atoms with van der Waals surface area (Å²) in [6.45, 7) is 2.24. The van der Waals surface area contributed by atoms with Crippen LogP contribution in [0, 0.1) is 5.92 Å². The van der Waals surface area contributed by atoms with Crippen LogP contribution in [-0.2, 0) is 6.61 Å². The summed E-state index contributed by atoms with van der Waals surface area (Å²) in [7, 11) is 0. The van der Waals surface area contributed by atoms with E-state index < -0.39 is 0 Å². The predicted octanol–water partition coefficient (Wildman–Crippen LogP) is 6.72. The molecule has 0 bridgehead atoms. The van der Waals surface area contributed by atoms with Crippen molar-refractivity contribution < 1.29 is 9.53 Å². The van der Waals surface area contributed by atoms with Crippen LogP contribution in [0.15, 0.2) is 84.9 Å². The van der Waals surface area contributed by atoms with E-state index in [4.69, 9.17) is 4.74 Å². The number of ether oxygens (including phenoxy) is 1. The Labute approximate surface area is 207 Å². The largest absolute Gasteiger partial charge is 0.489 e. The van der Waals surface area contributed by atoms with E-state index in [9.17, 15) is 4.79 Å². The maximum atomic E-state index is 13.6. The molecule has 3 aromatic rings. The van der Waals surface area contributed by atoms with E-state index in [2.05, 4.69) is 59.9 Å². The van der Waals surface area contributed by atoms with Crippen molar-refractivity contribution in [1.29, 1.82) is 0 Å². The van der Waals surface area contributed by atoms with Gasteiger partial charge in [-0.2, -0.15) is 0 Å². The molecule has 35 heavy (non-hydrogen) atoms. The molecule has 1 amide bonds.